The maximum absolute atomic E-state index is 12.7. The van der Waals surface area contributed by atoms with Gasteiger partial charge in [-0.2, -0.15) is 0 Å². The van der Waals surface area contributed by atoms with Crippen molar-refractivity contribution in [3.05, 3.63) is 12.2 Å². The molecule has 34 heavy (non-hydrogen) atoms. The van der Waals surface area contributed by atoms with Gasteiger partial charge in [0.15, 0.2) is 0 Å². The van der Waals surface area contributed by atoms with Crippen LogP contribution in [0.25, 0.3) is 0 Å². The summed E-state index contributed by atoms with van der Waals surface area (Å²) in [6, 6.07) is 0. The lowest BCUT2D eigenvalue weighted by molar-refractivity contribution is -0.204. The Morgan fingerprint density at radius 3 is 1.71 bits per heavy atom. The van der Waals surface area contributed by atoms with Crippen LogP contribution >= 0.6 is 0 Å². The Morgan fingerprint density at radius 2 is 1.21 bits per heavy atom. The first-order valence-corrected chi connectivity index (χ1v) is 12.5. The Hall–Kier alpha value is -1.56. The molecule has 200 valence electrons. The van der Waals surface area contributed by atoms with Crippen molar-refractivity contribution in [1.82, 2.24) is 10.1 Å². The molecular weight excluding hydrogens is 444 g/mol. The quantitative estimate of drug-likeness (QED) is 0.0948. The number of aliphatic hydroxyl groups is 4. The summed E-state index contributed by atoms with van der Waals surface area (Å²) in [6.07, 6.45) is 13.5. The van der Waals surface area contributed by atoms with Gasteiger partial charge in [-0.1, -0.05) is 64.0 Å². The molecule has 0 aliphatic carbocycles. The van der Waals surface area contributed by atoms with Gasteiger partial charge in [-0.05, 0) is 12.8 Å². The molecule has 0 amide bonds. The lowest BCUT2D eigenvalue weighted by Gasteiger charge is -2.22. The van der Waals surface area contributed by atoms with E-state index >= 15 is 0 Å². The monoisotopic (exact) mass is 490 g/mol. The van der Waals surface area contributed by atoms with Crippen LogP contribution in [0.4, 0.5) is 0 Å². The third kappa shape index (κ3) is 17.9. The van der Waals surface area contributed by atoms with Gasteiger partial charge in [0, 0.05) is 0 Å². The van der Waals surface area contributed by atoms with E-state index in [4.69, 9.17) is 30.1 Å². The average molecular weight is 491 g/mol. The third-order valence-corrected chi connectivity index (χ3v) is 5.13. The number of aliphatic hydroxyl groups excluding tert-OH is 4. The first kappa shape index (κ1) is 32.4. The minimum absolute atomic E-state index is 0.0339. The Kier molecular flexibility index (Phi) is 22.1. The van der Waals surface area contributed by atoms with Gasteiger partial charge in [-0.25, -0.2) is 4.79 Å². The van der Waals surface area contributed by atoms with Crippen molar-refractivity contribution in [3.63, 3.8) is 0 Å². The van der Waals surface area contributed by atoms with Gasteiger partial charge in [-0.15, -0.1) is 10.1 Å². The third-order valence-electron chi connectivity index (χ3n) is 5.13. The molecule has 0 fully saturated rings. The van der Waals surface area contributed by atoms with Gasteiger partial charge in [0.2, 0.25) is 0 Å². The summed E-state index contributed by atoms with van der Waals surface area (Å²) < 4.78 is 0. The van der Waals surface area contributed by atoms with E-state index in [0.717, 1.165) is 29.4 Å². The molecule has 0 aromatic heterocycles. The molecular formula is C24H46N2O8. The number of hydrogen-bond acceptors (Lipinski definition) is 10. The fourth-order valence-corrected chi connectivity index (χ4v) is 3.29. The largest absolute Gasteiger partial charge is 0.395 e. The van der Waals surface area contributed by atoms with Crippen molar-refractivity contribution in [3.8, 4) is 0 Å². The molecule has 0 aromatic carbocycles. The number of allylic oxidation sites excluding steroid dienone is 1. The molecule has 10 nitrogen and oxygen atoms in total. The van der Waals surface area contributed by atoms with Gasteiger partial charge >= 0.3 is 11.9 Å². The van der Waals surface area contributed by atoms with Crippen molar-refractivity contribution in [2.24, 2.45) is 5.92 Å². The predicted octanol–water partition coefficient (Wildman–Crippen LogP) is 1.57. The minimum atomic E-state index is -0.911. The standard InChI is InChI=1S/C24H46N2O8/c1-2-3-4-5-6-7-8-9-10-11-12-22(24(32)34-26(15-19-29)16-20-30)21-23(31)33-25(13-17-27)14-18-28/h11-12,22,27-30H,2-10,13-21H2,1H3. The van der Waals surface area contributed by atoms with Crippen molar-refractivity contribution >= 4 is 11.9 Å². The van der Waals surface area contributed by atoms with Crippen molar-refractivity contribution < 1.29 is 39.7 Å². The molecule has 0 aromatic rings. The van der Waals surface area contributed by atoms with Gasteiger partial charge < -0.3 is 30.1 Å². The number of rotatable bonds is 23. The molecule has 0 aliphatic rings. The number of hydroxylamine groups is 4. The van der Waals surface area contributed by atoms with Crippen LogP contribution in [0, 0.1) is 5.92 Å². The molecule has 10 heteroatoms. The Morgan fingerprint density at radius 1 is 0.735 bits per heavy atom. The van der Waals surface area contributed by atoms with Crippen molar-refractivity contribution in [2.45, 2.75) is 71.1 Å². The second kappa shape index (κ2) is 23.2. The van der Waals surface area contributed by atoms with Crippen LogP contribution in [-0.2, 0) is 19.3 Å². The Labute approximate surface area is 204 Å². The fourth-order valence-electron chi connectivity index (χ4n) is 3.29. The van der Waals surface area contributed by atoms with Gasteiger partial charge in [-0.3, -0.25) is 4.79 Å². The molecule has 0 radical (unpaired) electrons. The Bertz CT molecular complexity index is 521. The van der Waals surface area contributed by atoms with Crippen LogP contribution < -0.4 is 0 Å². The summed E-state index contributed by atoms with van der Waals surface area (Å²) in [6.45, 7) is 1.32. The molecule has 1 atom stereocenters. The zero-order valence-electron chi connectivity index (χ0n) is 20.8. The highest BCUT2D eigenvalue weighted by atomic mass is 16.7. The van der Waals surface area contributed by atoms with Crippen LogP contribution in [0.15, 0.2) is 12.2 Å². The summed E-state index contributed by atoms with van der Waals surface area (Å²) in [5.41, 5.74) is 0. The van der Waals surface area contributed by atoms with E-state index in [1.54, 1.807) is 6.08 Å². The first-order chi connectivity index (χ1) is 16.5. The summed E-state index contributed by atoms with van der Waals surface area (Å²) >= 11 is 0. The molecule has 0 saturated carbocycles. The highest BCUT2D eigenvalue weighted by molar-refractivity contribution is 5.81. The summed E-state index contributed by atoms with van der Waals surface area (Å²) in [4.78, 5) is 35.5. The van der Waals surface area contributed by atoms with Gasteiger partial charge in [0.05, 0.1) is 64.9 Å². The zero-order valence-corrected chi connectivity index (χ0v) is 20.8. The van der Waals surface area contributed by atoms with Crippen LogP contribution in [0.3, 0.4) is 0 Å². The number of hydrogen-bond donors (Lipinski definition) is 4. The highest BCUT2D eigenvalue weighted by Gasteiger charge is 2.25. The topological polar surface area (TPSA) is 140 Å². The molecule has 0 heterocycles. The molecule has 1 unspecified atom stereocenters. The number of carbonyl (C=O) groups is 2. The maximum atomic E-state index is 12.7. The van der Waals surface area contributed by atoms with E-state index in [1.165, 1.54) is 38.5 Å². The van der Waals surface area contributed by atoms with Crippen LogP contribution in [-0.4, -0.2) is 95.1 Å². The SMILES string of the molecule is CCCCCCCCCCC=CC(CC(=O)ON(CCO)CCO)C(=O)ON(CCO)CCO. The van der Waals surface area contributed by atoms with E-state index in [9.17, 15) is 9.59 Å². The summed E-state index contributed by atoms with van der Waals surface area (Å²) in [5, 5.41) is 38.6. The highest BCUT2D eigenvalue weighted by Crippen LogP contribution is 2.14. The van der Waals surface area contributed by atoms with Gasteiger partial charge in [0.1, 0.15) is 0 Å². The average Bonchev–Trinajstić information content (AvgIpc) is 2.80. The van der Waals surface area contributed by atoms with Crippen LogP contribution in [0.2, 0.25) is 0 Å². The fraction of sp³-hybridized carbons (Fsp3) is 0.833. The van der Waals surface area contributed by atoms with E-state index in [-0.39, 0.29) is 59.0 Å². The number of unbranched alkanes of at least 4 members (excludes halogenated alkanes) is 8. The summed E-state index contributed by atoms with van der Waals surface area (Å²) in [5.74, 6) is -2.30. The number of carbonyl (C=O) groups excluding carboxylic acids is 2. The summed E-state index contributed by atoms with van der Waals surface area (Å²) in [7, 11) is 0. The minimum Gasteiger partial charge on any atom is -0.395 e. The van der Waals surface area contributed by atoms with E-state index in [0.29, 0.717) is 0 Å². The zero-order chi connectivity index (χ0) is 25.4. The van der Waals surface area contributed by atoms with Crippen LogP contribution in [0.1, 0.15) is 71.1 Å². The second-order valence-electron chi connectivity index (χ2n) is 8.13. The molecule has 0 rings (SSSR count). The van der Waals surface area contributed by atoms with Gasteiger partial charge in [0.25, 0.3) is 0 Å². The molecule has 0 aliphatic heterocycles. The first-order valence-electron chi connectivity index (χ1n) is 12.5. The number of nitrogens with zero attached hydrogens (tertiary/aromatic N) is 2. The van der Waals surface area contributed by atoms with Crippen LogP contribution in [0.5, 0.6) is 0 Å². The second-order valence-corrected chi connectivity index (χ2v) is 8.13. The van der Waals surface area contributed by atoms with Crippen molar-refractivity contribution in [2.75, 3.05) is 52.6 Å². The normalized spacial score (nSPS) is 12.6. The lowest BCUT2D eigenvalue weighted by Crippen LogP contribution is -2.36. The lowest BCUT2D eigenvalue weighted by atomic mass is 10.0. The molecule has 4 N–H and O–H groups in total. The molecule has 0 saturated heterocycles. The van der Waals surface area contributed by atoms with Crippen molar-refractivity contribution in [1.29, 1.82) is 0 Å². The Balaban J connectivity index is 4.83. The molecule has 0 bridgehead atoms. The van der Waals surface area contributed by atoms with E-state index in [1.807, 2.05) is 6.08 Å². The smallest absolute Gasteiger partial charge is 0.332 e. The predicted molar refractivity (Wildman–Crippen MR) is 128 cm³/mol. The maximum Gasteiger partial charge on any atom is 0.332 e. The molecule has 0 spiro atoms. The van der Waals surface area contributed by atoms with E-state index in [2.05, 4.69) is 6.92 Å². The van der Waals surface area contributed by atoms with E-state index < -0.39 is 17.9 Å².